The van der Waals surface area contributed by atoms with Crippen LogP contribution < -0.4 is 10.1 Å². The van der Waals surface area contributed by atoms with Crippen molar-refractivity contribution >= 4 is 43.5 Å². The zero-order valence-corrected chi connectivity index (χ0v) is 19.7. The zero-order chi connectivity index (χ0) is 22.9. The Hall–Kier alpha value is -2.34. The first-order valence-electron chi connectivity index (χ1n) is 9.75. The number of aromatic nitrogens is 4. The number of rotatable bonds is 8. The van der Waals surface area contributed by atoms with Gasteiger partial charge in [0.1, 0.15) is 5.75 Å². The molecule has 0 aliphatic heterocycles. The summed E-state index contributed by atoms with van der Waals surface area (Å²) in [4.78, 5) is 12.3. The maximum atomic E-state index is 13.2. The van der Waals surface area contributed by atoms with Crippen LogP contribution in [0.2, 0.25) is 0 Å². The molecule has 1 N–H and O–H groups in total. The molecule has 0 unspecified atom stereocenters. The monoisotopic (exact) mass is 575 g/mol. The number of nitrogens with one attached hydrogen (secondary N) is 1. The summed E-state index contributed by atoms with van der Waals surface area (Å²) in [7, 11) is 0. The summed E-state index contributed by atoms with van der Waals surface area (Å²) in [6, 6.07) is 7.33. The summed E-state index contributed by atoms with van der Waals surface area (Å²) in [5.74, 6) is 0.365. The largest absolute Gasteiger partial charge is 0.471 e. The minimum absolute atomic E-state index is 0.0221. The van der Waals surface area contributed by atoms with Crippen molar-refractivity contribution in [1.82, 2.24) is 19.6 Å². The number of nitrogens with zero attached hydrogens (tertiary/aromatic N) is 4. The van der Waals surface area contributed by atoms with Crippen LogP contribution in [0.3, 0.4) is 0 Å². The summed E-state index contributed by atoms with van der Waals surface area (Å²) in [6.07, 6.45) is 0.141. The molecule has 0 atom stereocenters. The molecule has 1 aromatic carbocycles. The minimum Gasteiger partial charge on any atom is -0.471 e. The van der Waals surface area contributed by atoms with Crippen LogP contribution in [0, 0.1) is 0 Å². The molecule has 3 aromatic rings. The number of halogens is 5. The summed E-state index contributed by atoms with van der Waals surface area (Å²) in [6.45, 7) is 0.205. The second-order valence-electron chi connectivity index (χ2n) is 7.34. The number of alkyl halides is 3. The number of ether oxygens (including phenoxy) is 1. The second-order valence-corrected chi connectivity index (χ2v) is 9.05. The van der Waals surface area contributed by atoms with Crippen molar-refractivity contribution in [3.05, 3.63) is 57.0 Å². The fourth-order valence-corrected chi connectivity index (χ4v) is 4.25. The number of hydrogen-bond donors (Lipinski definition) is 1. The molecule has 0 radical (unpaired) electrons. The molecule has 2 aromatic heterocycles. The van der Waals surface area contributed by atoms with E-state index in [2.05, 4.69) is 47.4 Å². The standard InChI is InChI=1S/C20H18Br2F3N5O2/c21-13-3-5-15(6-4-13)32-11-29-10-14(9-26-29)27-16(31)7-8-30-18(12-1-2-12)17(22)19(28-30)20(23,24)25/h3-6,9-10,12H,1-2,7-8,11H2,(H,27,31). The van der Waals surface area contributed by atoms with Gasteiger partial charge in [-0.3, -0.25) is 9.48 Å². The molecule has 1 amide bonds. The molecule has 1 saturated carbocycles. The van der Waals surface area contributed by atoms with E-state index >= 15 is 0 Å². The van der Waals surface area contributed by atoms with E-state index in [0.717, 1.165) is 17.3 Å². The van der Waals surface area contributed by atoms with E-state index in [9.17, 15) is 18.0 Å². The van der Waals surface area contributed by atoms with Gasteiger partial charge in [-0.2, -0.15) is 23.4 Å². The molecule has 0 spiro atoms. The maximum Gasteiger partial charge on any atom is 0.436 e. The molecule has 7 nitrogen and oxygen atoms in total. The smallest absolute Gasteiger partial charge is 0.436 e. The average Bonchev–Trinajstić information content (AvgIpc) is 3.37. The molecule has 4 rings (SSSR count). The Morgan fingerprint density at radius 1 is 1.22 bits per heavy atom. The SMILES string of the molecule is O=C(CCn1nc(C(F)(F)F)c(Br)c1C1CC1)Nc1cnn(COc2ccc(Br)cc2)c1. The second kappa shape index (κ2) is 9.26. The number of benzene rings is 1. The summed E-state index contributed by atoms with van der Waals surface area (Å²) in [5, 5.41) is 10.5. The van der Waals surface area contributed by atoms with Crippen LogP contribution in [0.25, 0.3) is 0 Å². The van der Waals surface area contributed by atoms with Crippen molar-refractivity contribution in [1.29, 1.82) is 0 Å². The highest BCUT2D eigenvalue weighted by Crippen LogP contribution is 2.47. The predicted octanol–water partition coefficient (Wildman–Crippen LogP) is 5.57. The number of amides is 1. The highest BCUT2D eigenvalue weighted by atomic mass is 79.9. The molecule has 1 aliphatic carbocycles. The van der Waals surface area contributed by atoms with E-state index in [-0.39, 0.29) is 36.0 Å². The van der Waals surface area contributed by atoms with Crippen molar-refractivity contribution in [3.8, 4) is 5.75 Å². The van der Waals surface area contributed by atoms with Crippen LogP contribution in [0.4, 0.5) is 18.9 Å². The topological polar surface area (TPSA) is 74.0 Å². The molecule has 2 heterocycles. The van der Waals surface area contributed by atoms with Crippen molar-refractivity contribution < 1.29 is 22.7 Å². The third-order valence-electron chi connectivity index (χ3n) is 4.81. The molecule has 170 valence electrons. The first kappa shape index (κ1) is 22.8. The lowest BCUT2D eigenvalue weighted by Gasteiger charge is -2.07. The van der Waals surface area contributed by atoms with Gasteiger partial charge in [-0.25, -0.2) is 4.68 Å². The van der Waals surface area contributed by atoms with Gasteiger partial charge in [-0.1, -0.05) is 15.9 Å². The normalized spacial score (nSPS) is 13.9. The van der Waals surface area contributed by atoms with Crippen LogP contribution in [-0.2, 0) is 24.2 Å². The summed E-state index contributed by atoms with van der Waals surface area (Å²) >= 11 is 6.40. The predicted molar refractivity (Wildman–Crippen MR) is 117 cm³/mol. The fraction of sp³-hybridized carbons (Fsp3) is 0.350. The molecule has 32 heavy (non-hydrogen) atoms. The van der Waals surface area contributed by atoms with Crippen molar-refractivity contribution in [2.45, 2.75) is 44.6 Å². The first-order chi connectivity index (χ1) is 15.2. The number of carbonyl (C=O) groups excluding carboxylic acids is 1. The Labute approximate surface area is 198 Å². The Morgan fingerprint density at radius 2 is 1.94 bits per heavy atom. The van der Waals surface area contributed by atoms with E-state index < -0.39 is 11.9 Å². The first-order valence-corrected chi connectivity index (χ1v) is 11.3. The molecule has 1 fully saturated rings. The van der Waals surface area contributed by atoms with Crippen molar-refractivity contribution in [3.63, 3.8) is 0 Å². The summed E-state index contributed by atoms with van der Waals surface area (Å²) in [5.41, 5.74) is 0.0179. The lowest BCUT2D eigenvalue weighted by atomic mass is 10.2. The molecule has 0 bridgehead atoms. The number of carbonyl (C=O) groups is 1. The van der Waals surface area contributed by atoms with Crippen LogP contribution in [0.15, 0.2) is 45.6 Å². The van der Waals surface area contributed by atoms with Gasteiger partial charge in [-0.05, 0) is 53.0 Å². The van der Waals surface area contributed by atoms with Gasteiger partial charge in [0.05, 0.1) is 34.8 Å². The van der Waals surface area contributed by atoms with E-state index in [4.69, 9.17) is 4.74 Å². The van der Waals surface area contributed by atoms with E-state index in [0.29, 0.717) is 17.1 Å². The molecule has 0 saturated heterocycles. The van der Waals surface area contributed by atoms with Crippen molar-refractivity contribution in [2.24, 2.45) is 0 Å². The van der Waals surface area contributed by atoms with E-state index in [1.165, 1.54) is 15.6 Å². The third-order valence-corrected chi connectivity index (χ3v) is 6.12. The highest BCUT2D eigenvalue weighted by molar-refractivity contribution is 9.10. The quantitative estimate of drug-likeness (QED) is 0.381. The van der Waals surface area contributed by atoms with Gasteiger partial charge >= 0.3 is 6.18 Å². The lowest BCUT2D eigenvalue weighted by Crippen LogP contribution is -2.16. The van der Waals surface area contributed by atoms with Gasteiger partial charge in [0.25, 0.3) is 0 Å². The summed E-state index contributed by atoms with van der Waals surface area (Å²) < 4.78 is 48.9. The van der Waals surface area contributed by atoms with Crippen LogP contribution in [-0.4, -0.2) is 25.5 Å². The van der Waals surface area contributed by atoms with Crippen LogP contribution in [0.5, 0.6) is 5.75 Å². The molecular formula is C20H18Br2F3N5O2. The van der Waals surface area contributed by atoms with Gasteiger partial charge in [0.15, 0.2) is 12.4 Å². The molecule has 1 aliphatic rings. The Morgan fingerprint density at radius 3 is 2.59 bits per heavy atom. The Kier molecular flexibility index (Phi) is 6.61. The Balaban J connectivity index is 1.32. The van der Waals surface area contributed by atoms with E-state index in [1.807, 2.05) is 24.3 Å². The van der Waals surface area contributed by atoms with Crippen molar-refractivity contribution in [2.75, 3.05) is 5.32 Å². The zero-order valence-electron chi connectivity index (χ0n) is 16.6. The fourth-order valence-electron chi connectivity index (χ4n) is 3.15. The number of aryl methyl sites for hydroxylation is 1. The minimum atomic E-state index is -4.55. The van der Waals surface area contributed by atoms with Gasteiger partial charge in [0, 0.05) is 16.8 Å². The molecular weight excluding hydrogens is 559 g/mol. The van der Waals surface area contributed by atoms with Gasteiger partial charge in [-0.15, -0.1) is 0 Å². The third kappa shape index (κ3) is 5.52. The maximum absolute atomic E-state index is 13.2. The number of anilines is 1. The average molecular weight is 577 g/mol. The van der Waals surface area contributed by atoms with Gasteiger partial charge in [0.2, 0.25) is 5.91 Å². The van der Waals surface area contributed by atoms with Crippen LogP contribution >= 0.6 is 31.9 Å². The van der Waals surface area contributed by atoms with Crippen LogP contribution in [0.1, 0.15) is 36.6 Å². The van der Waals surface area contributed by atoms with E-state index in [1.54, 1.807) is 6.20 Å². The molecule has 12 heteroatoms. The number of hydrogen-bond acceptors (Lipinski definition) is 4. The Bertz CT molecular complexity index is 1110. The lowest BCUT2D eigenvalue weighted by molar-refractivity contribution is -0.142. The van der Waals surface area contributed by atoms with Gasteiger partial charge < -0.3 is 10.1 Å². The highest BCUT2D eigenvalue weighted by Gasteiger charge is 2.41.